The van der Waals surface area contributed by atoms with Gasteiger partial charge in [-0.2, -0.15) is 0 Å². The number of unbranched alkanes of at least 4 members (excludes halogenated alkanes) is 4. The topological polar surface area (TPSA) is 9.23 Å². The van der Waals surface area contributed by atoms with Crippen LogP contribution in [0.15, 0.2) is 48.5 Å². The van der Waals surface area contributed by atoms with Crippen LogP contribution >= 0.6 is 0 Å². The van der Waals surface area contributed by atoms with E-state index in [-0.39, 0.29) is 12.4 Å². The first-order valence-electron chi connectivity index (χ1n) is 9.85. The van der Waals surface area contributed by atoms with Crippen molar-refractivity contribution in [2.45, 2.75) is 52.1 Å². The monoisotopic (exact) mass is 386 g/mol. The maximum atomic E-state index is 14.4. The molecule has 1 nitrogen and oxygen atoms in total. The molecular formula is C24H25F3O. The van der Waals surface area contributed by atoms with Gasteiger partial charge < -0.3 is 4.74 Å². The minimum absolute atomic E-state index is 0.0811. The summed E-state index contributed by atoms with van der Waals surface area (Å²) in [6.45, 7) is 2.27. The van der Waals surface area contributed by atoms with Crippen LogP contribution < -0.4 is 4.74 Å². The Hall–Kier alpha value is -2.49. The standard InChI is InChI=1S/C24H25F3O/c1-2-3-4-5-6-7-17-8-9-19(22(25)12-17)16-28-21-11-10-18-14-23(26)24(27)15-20(18)13-21/h8-15H,2-7,16H2,1H3. The predicted molar refractivity (Wildman–Crippen MR) is 107 cm³/mol. The molecule has 0 aliphatic carbocycles. The Morgan fingerprint density at radius 1 is 0.714 bits per heavy atom. The summed E-state index contributed by atoms with van der Waals surface area (Å²) in [5, 5.41) is 1.12. The Labute approximate surface area is 164 Å². The number of aryl methyl sites for hydroxylation is 1. The second-order valence-corrected chi connectivity index (χ2v) is 7.15. The van der Waals surface area contributed by atoms with E-state index >= 15 is 0 Å². The van der Waals surface area contributed by atoms with E-state index in [4.69, 9.17) is 4.74 Å². The molecule has 0 heterocycles. The molecule has 28 heavy (non-hydrogen) atoms. The first kappa shape index (κ1) is 20.2. The second-order valence-electron chi connectivity index (χ2n) is 7.15. The zero-order valence-corrected chi connectivity index (χ0v) is 16.1. The molecule has 0 aromatic heterocycles. The van der Waals surface area contributed by atoms with E-state index in [9.17, 15) is 13.2 Å². The number of fused-ring (bicyclic) bond motifs is 1. The molecule has 0 saturated heterocycles. The molecule has 0 bridgehead atoms. The molecule has 0 atom stereocenters. The average molecular weight is 386 g/mol. The van der Waals surface area contributed by atoms with Crippen LogP contribution in [0, 0.1) is 17.5 Å². The van der Waals surface area contributed by atoms with Crippen LogP contribution in [0.3, 0.4) is 0 Å². The van der Waals surface area contributed by atoms with Crippen molar-refractivity contribution >= 4 is 10.8 Å². The Morgan fingerprint density at radius 3 is 2.21 bits per heavy atom. The smallest absolute Gasteiger partial charge is 0.159 e. The zero-order chi connectivity index (χ0) is 19.9. The summed E-state index contributed by atoms with van der Waals surface area (Å²) < 4.78 is 46.7. The Morgan fingerprint density at radius 2 is 1.46 bits per heavy atom. The van der Waals surface area contributed by atoms with Crippen LogP contribution in [-0.4, -0.2) is 0 Å². The highest BCUT2D eigenvalue weighted by atomic mass is 19.2. The van der Waals surface area contributed by atoms with Crippen molar-refractivity contribution in [3.63, 3.8) is 0 Å². The Bertz CT molecular complexity index is 937. The molecule has 0 unspecified atom stereocenters. The van der Waals surface area contributed by atoms with Crippen LogP contribution in [-0.2, 0) is 13.0 Å². The minimum atomic E-state index is -0.902. The van der Waals surface area contributed by atoms with E-state index in [2.05, 4.69) is 6.92 Å². The van der Waals surface area contributed by atoms with Gasteiger partial charge in [0.2, 0.25) is 0 Å². The van der Waals surface area contributed by atoms with Gasteiger partial charge in [0.1, 0.15) is 18.2 Å². The highest BCUT2D eigenvalue weighted by Crippen LogP contribution is 2.24. The largest absolute Gasteiger partial charge is 0.489 e. The zero-order valence-electron chi connectivity index (χ0n) is 16.1. The molecule has 0 spiro atoms. The maximum Gasteiger partial charge on any atom is 0.159 e. The molecule has 3 aromatic rings. The fraction of sp³-hybridized carbons (Fsp3) is 0.333. The van der Waals surface area contributed by atoms with Gasteiger partial charge in [-0.1, -0.05) is 50.8 Å². The average Bonchev–Trinajstić information content (AvgIpc) is 2.68. The van der Waals surface area contributed by atoms with E-state index in [1.807, 2.05) is 6.07 Å². The van der Waals surface area contributed by atoms with Crippen molar-refractivity contribution in [1.29, 1.82) is 0 Å². The Kier molecular flexibility index (Phi) is 6.96. The highest BCUT2D eigenvalue weighted by Gasteiger charge is 2.08. The molecule has 0 aliphatic rings. The molecular weight excluding hydrogens is 361 g/mol. The summed E-state index contributed by atoms with van der Waals surface area (Å²) >= 11 is 0. The van der Waals surface area contributed by atoms with Gasteiger partial charge in [0.25, 0.3) is 0 Å². The van der Waals surface area contributed by atoms with E-state index in [0.717, 1.165) is 30.5 Å². The van der Waals surface area contributed by atoms with Crippen molar-refractivity contribution in [2.75, 3.05) is 0 Å². The summed E-state index contributed by atoms with van der Waals surface area (Å²) in [5.41, 5.74) is 1.47. The summed E-state index contributed by atoms with van der Waals surface area (Å²) in [4.78, 5) is 0. The first-order valence-corrected chi connectivity index (χ1v) is 9.85. The molecule has 0 N–H and O–H groups in total. The molecule has 0 amide bonds. The molecule has 148 valence electrons. The van der Waals surface area contributed by atoms with E-state index in [1.54, 1.807) is 30.3 Å². The predicted octanol–water partition coefficient (Wildman–Crippen LogP) is 7.35. The van der Waals surface area contributed by atoms with Crippen LogP contribution in [0.25, 0.3) is 10.8 Å². The van der Waals surface area contributed by atoms with Gasteiger partial charge in [-0.15, -0.1) is 0 Å². The number of hydrogen-bond acceptors (Lipinski definition) is 1. The maximum absolute atomic E-state index is 14.4. The van der Waals surface area contributed by atoms with Gasteiger partial charge in [-0.05, 0) is 59.5 Å². The van der Waals surface area contributed by atoms with Gasteiger partial charge in [0, 0.05) is 5.56 Å². The van der Waals surface area contributed by atoms with Crippen molar-refractivity contribution in [1.82, 2.24) is 0 Å². The van der Waals surface area contributed by atoms with E-state index in [0.29, 0.717) is 22.1 Å². The summed E-state index contributed by atoms with van der Waals surface area (Å²) in [7, 11) is 0. The second kappa shape index (κ2) is 9.63. The number of rotatable bonds is 9. The lowest BCUT2D eigenvalue weighted by Gasteiger charge is -2.10. The van der Waals surface area contributed by atoms with Gasteiger partial charge in [-0.25, -0.2) is 13.2 Å². The third kappa shape index (κ3) is 5.28. The summed E-state index contributed by atoms with van der Waals surface area (Å²) in [5.74, 6) is -1.58. The summed E-state index contributed by atoms with van der Waals surface area (Å²) in [6.07, 6.45) is 6.82. The highest BCUT2D eigenvalue weighted by molar-refractivity contribution is 5.84. The molecule has 3 rings (SSSR count). The van der Waals surface area contributed by atoms with Gasteiger partial charge >= 0.3 is 0 Å². The Balaban J connectivity index is 1.59. The first-order chi connectivity index (χ1) is 13.6. The molecule has 0 radical (unpaired) electrons. The van der Waals surface area contributed by atoms with Crippen LogP contribution in [0.2, 0.25) is 0 Å². The van der Waals surface area contributed by atoms with Crippen LogP contribution in [0.4, 0.5) is 13.2 Å². The molecule has 0 aliphatic heterocycles. The fourth-order valence-electron chi connectivity index (χ4n) is 3.27. The fourth-order valence-corrected chi connectivity index (χ4v) is 3.27. The molecule has 4 heteroatoms. The van der Waals surface area contributed by atoms with E-state index in [1.165, 1.54) is 25.7 Å². The molecule has 0 saturated carbocycles. The lowest BCUT2D eigenvalue weighted by molar-refractivity contribution is 0.300. The quantitative estimate of drug-likeness (QED) is 0.349. The van der Waals surface area contributed by atoms with Gasteiger partial charge in [0.15, 0.2) is 11.6 Å². The van der Waals surface area contributed by atoms with Crippen molar-refractivity contribution in [2.24, 2.45) is 0 Å². The minimum Gasteiger partial charge on any atom is -0.489 e. The number of halogens is 3. The number of benzene rings is 3. The van der Waals surface area contributed by atoms with Crippen molar-refractivity contribution in [3.8, 4) is 5.75 Å². The van der Waals surface area contributed by atoms with Gasteiger partial charge in [0.05, 0.1) is 0 Å². The molecule has 3 aromatic carbocycles. The normalized spacial score (nSPS) is 11.1. The van der Waals surface area contributed by atoms with Crippen LogP contribution in [0.1, 0.15) is 50.2 Å². The van der Waals surface area contributed by atoms with Gasteiger partial charge in [-0.3, -0.25) is 0 Å². The molecule has 0 fully saturated rings. The summed E-state index contributed by atoms with van der Waals surface area (Å²) in [6, 6.07) is 12.5. The lowest BCUT2D eigenvalue weighted by Crippen LogP contribution is -2.00. The SMILES string of the molecule is CCCCCCCc1ccc(COc2ccc3cc(F)c(F)cc3c2)c(F)c1. The van der Waals surface area contributed by atoms with Crippen molar-refractivity contribution in [3.05, 3.63) is 77.1 Å². The third-order valence-corrected chi connectivity index (χ3v) is 4.93. The van der Waals surface area contributed by atoms with Crippen LogP contribution in [0.5, 0.6) is 5.75 Å². The van der Waals surface area contributed by atoms with E-state index < -0.39 is 11.6 Å². The lowest BCUT2D eigenvalue weighted by atomic mass is 10.0. The number of ether oxygens (including phenoxy) is 1. The third-order valence-electron chi connectivity index (χ3n) is 4.93. The number of hydrogen-bond donors (Lipinski definition) is 0. The van der Waals surface area contributed by atoms with Crippen molar-refractivity contribution < 1.29 is 17.9 Å².